The topological polar surface area (TPSA) is 47.3 Å². The number of aliphatic hydroxyl groups excluding tert-OH is 1. The minimum Gasteiger partial charge on any atom is -0.394 e. The molecule has 1 N–H and O–H groups in total. The molecule has 1 rings (SSSR count). The molecular formula is C12H15BrN2O. The zero-order chi connectivity index (χ0) is 12.0. The predicted octanol–water partition coefficient (Wildman–Crippen LogP) is 2.33. The normalized spacial score (nSPS) is 12.4. The Balaban J connectivity index is 2.78. The molecule has 1 atom stereocenters. The summed E-state index contributed by atoms with van der Waals surface area (Å²) in [7, 11) is 1.92. The van der Waals surface area contributed by atoms with Crippen LogP contribution in [0.5, 0.6) is 0 Å². The quantitative estimate of drug-likeness (QED) is 0.902. The van der Waals surface area contributed by atoms with Gasteiger partial charge in [0.1, 0.15) is 0 Å². The molecule has 16 heavy (non-hydrogen) atoms. The number of nitriles is 1. The number of benzene rings is 1. The monoisotopic (exact) mass is 282 g/mol. The second-order valence-electron chi connectivity index (χ2n) is 3.64. The molecular weight excluding hydrogens is 268 g/mol. The Bertz CT molecular complexity index is 376. The van der Waals surface area contributed by atoms with Gasteiger partial charge in [-0.05, 0) is 24.7 Å². The van der Waals surface area contributed by atoms with Crippen LogP contribution in [0.3, 0.4) is 0 Å². The lowest BCUT2D eigenvalue weighted by molar-refractivity contribution is 0.150. The molecule has 0 bridgehead atoms. The van der Waals surface area contributed by atoms with Crippen LogP contribution >= 0.6 is 15.9 Å². The van der Waals surface area contributed by atoms with Crippen molar-refractivity contribution in [2.24, 2.45) is 0 Å². The molecule has 0 aliphatic carbocycles. The van der Waals surface area contributed by atoms with E-state index in [1.165, 1.54) is 0 Å². The maximum absolute atomic E-state index is 9.40. The number of nitrogens with zero attached hydrogens (tertiary/aromatic N) is 2. The van der Waals surface area contributed by atoms with Crippen molar-refractivity contribution in [2.45, 2.75) is 12.5 Å². The fraction of sp³-hybridized carbons (Fsp3) is 0.417. The van der Waals surface area contributed by atoms with Gasteiger partial charge in [0.2, 0.25) is 0 Å². The molecule has 1 aromatic rings. The second-order valence-corrected chi connectivity index (χ2v) is 4.56. The molecule has 3 nitrogen and oxygen atoms in total. The summed E-state index contributed by atoms with van der Waals surface area (Å²) in [5, 5.41) is 17.9. The largest absolute Gasteiger partial charge is 0.394 e. The summed E-state index contributed by atoms with van der Waals surface area (Å²) in [5.74, 6) is 0. The van der Waals surface area contributed by atoms with Gasteiger partial charge in [0.15, 0.2) is 0 Å². The molecule has 0 saturated carbocycles. The van der Waals surface area contributed by atoms with E-state index in [9.17, 15) is 5.11 Å². The highest BCUT2D eigenvalue weighted by atomic mass is 79.9. The minimum atomic E-state index is -0.0501. The Morgan fingerprint density at radius 1 is 1.56 bits per heavy atom. The third-order valence-electron chi connectivity index (χ3n) is 2.51. The second kappa shape index (κ2) is 6.64. The summed E-state index contributed by atoms with van der Waals surface area (Å²) >= 11 is 3.41. The zero-order valence-electron chi connectivity index (χ0n) is 9.23. The van der Waals surface area contributed by atoms with Crippen LogP contribution in [0.15, 0.2) is 28.7 Å². The van der Waals surface area contributed by atoms with E-state index in [2.05, 4.69) is 22.0 Å². The molecule has 0 fully saturated rings. The van der Waals surface area contributed by atoms with Crippen LogP contribution in [0, 0.1) is 11.3 Å². The van der Waals surface area contributed by atoms with Crippen molar-refractivity contribution in [2.75, 3.05) is 20.2 Å². The van der Waals surface area contributed by atoms with Crippen molar-refractivity contribution in [1.29, 1.82) is 5.26 Å². The smallest absolute Gasteiger partial charge is 0.0635 e. The first-order valence-corrected chi connectivity index (χ1v) is 5.92. The van der Waals surface area contributed by atoms with E-state index >= 15 is 0 Å². The van der Waals surface area contributed by atoms with Crippen molar-refractivity contribution >= 4 is 15.9 Å². The summed E-state index contributed by atoms with van der Waals surface area (Å²) < 4.78 is 0.997. The highest BCUT2D eigenvalue weighted by molar-refractivity contribution is 9.10. The molecule has 0 aliphatic heterocycles. The summed E-state index contributed by atoms with van der Waals surface area (Å²) in [6.07, 6.45) is 0.473. The van der Waals surface area contributed by atoms with Crippen LogP contribution in [0.4, 0.5) is 0 Å². The highest BCUT2D eigenvalue weighted by Crippen LogP contribution is 2.22. The molecule has 0 saturated heterocycles. The van der Waals surface area contributed by atoms with Gasteiger partial charge < -0.3 is 5.11 Å². The van der Waals surface area contributed by atoms with Crippen molar-refractivity contribution in [1.82, 2.24) is 4.90 Å². The molecule has 0 aliphatic rings. The Morgan fingerprint density at radius 2 is 2.31 bits per heavy atom. The van der Waals surface area contributed by atoms with Gasteiger partial charge in [-0.15, -0.1) is 0 Å². The van der Waals surface area contributed by atoms with E-state index in [-0.39, 0.29) is 12.6 Å². The van der Waals surface area contributed by atoms with Crippen molar-refractivity contribution < 1.29 is 5.11 Å². The lowest BCUT2D eigenvalue weighted by atomic mass is 10.1. The predicted molar refractivity (Wildman–Crippen MR) is 66.8 cm³/mol. The third-order valence-corrected chi connectivity index (χ3v) is 3.01. The highest BCUT2D eigenvalue weighted by Gasteiger charge is 2.15. The molecule has 4 heteroatoms. The number of rotatable bonds is 5. The lowest BCUT2D eigenvalue weighted by Gasteiger charge is -2.26. The molecule has 0 amide bonds. The summed E-state index contributed by atoms with van der Waals surface area (Å²) in [5.41, 5.74) is 1.05. The van der Waals surface area contributed by atoms with Crippen LogP contribution in [0.25, 0.3) is 0 Å². The first-order valence-electron chi connectivity index (χ1n) is 5.12. The Labute approximate surface area is 104 Å². The van der Waals surface area contributed by atoms with Gasteiger partial charge in [-0.1, -0.05) is 28.1 Å². The Morgan fingerprint density at radius 3 is 2.88 bits per heavy atom. The first-order chi connectivity index (χ1) is 7.69. The summed E-state index contributed by atoms with van der Waals surface area (Å²) in [6.45, 7) is 0.715. The van der Waals surface area contributed by atoms with E-state index in [1.54, 1.807) is 0 Å². The fourth-order valence-electron chi connectivity index (χ4n) is 1.60. The number of likely N-dealkylation sites (N-methyl/N-ethyl adjacent to an activating group) is 1. The number of halogens is 1. The fourth-order valence-corrected chi connectivity index (χ4v) is 2.01. The Hall–Kier alpha value is -0.890. The summed E-state index contributed by atoms with van der Waals surface area (Å²) in [4.78, 5) is 1.99. The van der Waals surface area contributed by atoms with Gasteiger partial charge in [-0.25, -0.2) is 0 Å². The van der Waals surface area contributed by atoms with Gasteiger partial charge in [-0.2, -0.15) is 5.26 Å². The minimum absolute atomic E-state index is 0.0501. The first kappa shape index (κ1) is 13.2. The Kier molecular flexibility index (Phi) is 5.47. The third kappa shape index (κ3) is 3.60. The average molecular weight is 283 g/mol. The van der Waals surface area contributed by atoms with E-state index in [0.29, 0.717) is 13.0 Å². The molecule has 86 valence electrons. The molecule has 0 aromatic heterocycles. The van der Waals surface area contributed by atoms with Gasteiger partial charge in [0.05, 0.1) is 18.7 Å². The maximum Gasteiger partial charge on any atom is 0.0635 e. The van der Waals surface area contributed by atoms with Crippen molar-refractivity contribution in [3.63, 3.8) is 0 Å². The zero-order valence-corrected chi connectivity index (χ0v) is 10.8. The van der Waals surface area contributed by atoms with Crippen LogP contribution in [0.2, 0.25) is 0 Å². The summed E-state index contributed by atoms with van der Waals surface area (Å²) in [6, 6.07) is 9.92. The van der Waals surface area contributed by atoms with Crippen molar-refractivity contribution in [3.05, 3.63) is 34.3 Å². The van der Waals surface area contributed by atoms with Crippen LogP contribution in [-0.4, -0.2) is 30.2 Å². The molecule has 0 unspecified atom stereocenters. The van der Waals surface area contributed by atoms with E-state index in [1.807, 2.05) is 36.2 Å². The van der Waals surface area contributed by atoms with E-state index in [4.69, 9.17) is 5.26 Å². The number of hydrogen-bond acceptors (Lipinski definition) is 3. The molecule has 0 spiro atoms. The van der Waals surface area contributed by atoms with Crippen LogP contribution in [0.1, 0.15) is 18.0 Å². The van der Waals surface area contributed by atoms with Crippen molar-refractivity contribution in [3.8, 4) is 6.07 Å². The van der Waals surface area contributed by atoms with Crippen LogP contribution in [-0.2, 0) is 0 Å². The van der Waals surface area contributed by atoms with Gasteiger partial charge in [-0.3, -0.25) is 4.90 Å². The number of aliphatic hydroxyl groups is 1. The van der Waals surface area contributed by atoms with Gasteiger partial charge in [0.25, 0.3) is 0 Å². The van der Waals surface area contributed by atoms with E-state index in [0.717, 1.165) is 10.0 Å². The number of hydrogen-bond donors (Lipinski definition) is 1. The average Bonchev–Trinajstić information content (AvgIpc) is 2.27. The molecule has 0 heterocycles. The van der Waals surface area contributed by atoms with Gasteiger partial charge >= 0.3 is 0 Å². The van der Waals surface area contributed by atoms with Gasteiger partial charge in [0, 0.05) is 17.4 Å². The molecule has 0 radical (unpaired) electrons. The van der Waals surface area contributed by atoms with Crippen LogP contribution < -0.4 is 0 Å². The lowest BCUT2D eigenvalue weighted by Crippen LogP contribution is -2.28. The maximum atomic E-state index is 9.40. The molecule has 1 aromatic carbocycles. The van der Waals surface area contributed by atoms with E-state index < -0.39 is 0 Å². The SMILES string of the molecule is CN(CCC#N)[C@H](CO)c1cccc(Br)c1. The standard InChI is InChI=1S/C12H15BrN2O/c1-15(7-3-6-14)12(9-16)10-4-2-5-11(13)8-10/h2,4-5,8,12,16H,3,7,9H2,1H3/t12-/m1/s1.